The third-order valence-corrected chi connectivity index (χ3v) is 6.89. The number of esters is 1. The Labute approximate surface area is 188 Å². The molecule has 1 fully saturated rings. The Morgan fingerprint density at radius 3 is 2.56 bits per heavy atom. The average molecular weight is 455 g/mol. The van der Waals surface area contributed by atoms with Crippen LogP contribution in [-0.4, -0.2) is 44.1 Å². The van der Waals surface area contributed by atoms with Crippen LogP contribution < -0.4 is 0 Å². The normalized spacial score (nSPS) is 23.6. The van der Waals surface area contributed by atoms with E-state index in [2.05, 4.69) is 4.40 Å². The fraction of sp³-hybridized carbons (Fsp3) is 0.333. The highest BCUT2D eigenvalue weighted by Gasteiger charge is 2.48. The minimum Gasteiger partial charge on any atom is -0.464 e. The Morgan fingerprint density at radius 1 is 1.16 bits per heavy atom. The summed E-state index contributed by atoms with van der Waals surface area (Å²) in [5.74, 6) is -0.593. The average Bonchev–Trinajstić information content (AvgIpc) is 3.23. The zero-order valence-corrected chi connectivity index (χ0v) is 18.9. The lowest BCUT2D eigenvalue weighted by Crippen LogP contribution is -2.57. The van der Waals surface area contributed by atoms with Crippen LogP contribution in [0.4, 0.5) is 0 Å². The van der Waals surface area contributed by atoms with Gasteiger partial charge in [-0.25, -0.2) is 4.79 Å². The first kappa shape index (κ1) is 22.1. The van der Waals surface area contributed by atoms with Crippen molar-refractivity contribution in [2.45, 2.75) is 43.9 Å². The third-order valence-electron chi connectivity index (χ3n) is 5.63. The molecule has 7 nitrogen and oxygen atoms in total. The number of fused-ring (bicyclic) bond motifs is 1. The number of hydrogen-bond donors (Lipinski definition) is 0. The number of hydrogen-bond acceptors (Lipinski definition) is 5. The Kier molecular flexibility index (Phi) is 6.32. The number of aryl methyl sites for hydroxylation is 1. The largest absolute Gasteiger partial charge is 0.464 e. The van der Waals surface area contributed by atoms with Gasteiger partial charge in [0.2, 0.25) is 0 Å². The molecule has 0 saturated carbocycles. The Morgan fingerprint density at radius 2 is 1.88 bits per heavy atom. The highest BCUT2D eigenvalue weighted by Crippen LogP contribution is 2.35. The molecule has 1 heterocycles. The van der Waals surface area contributed by atoms with Gasteiger partial charge in [-0.15, -0.1) is 4.40 Å². The molecule has 32 heavy (non-hydrogen) atoms. The van der Waals surface area contributed by atoms with Crippen LogP contribution in [0.5, 0.6) is 0 Å². The maximum atomic E-state index is 13.1. The van der Waals surface area contributed by atoms with E-state index >= 15 is 0 Å². The van der Waals surface area contributed by atoms with Gasteiger partial charge >= 0.3 is 12.0 Å². The number of carbonyl (C=O) groups excluding carboxylic acids is 1. The molecule has 1 aliphatic heterocycles. The van der Waals surface area contributed by atoms with E-state index in [4.69, 9.17) is 9.47 Å². The second-order valence-electron chi connectivity index (χ2n) is 7.88. The van der Waals surface area contributed by atoms with Crippen LogP contribution in [0.25, 0.3) is 0 Å². The van der Waals surface area contributed by atoms with E-state index in [1.807, 2.05) is 49.4 Å². The van der Waals surface area contributed by atoms with Crippen molar-refractivity contribution in [2.24, 2.45) is 10.3 Å². The molecule has 0 N–H and O–H groups in total. The first-order valence-electron chi connectivity index (χ1n) is 10.6. The summed E-state index contributed by atoms with van der Waals surface area (Å²) in [5, 5.41) is 0. The van der Waals surface area contributed by atoms with Crippen LogP contribution in [0.2, 0.25) is 0 Å². The summed E-state index contributed by atoms with van der Waals surface area (Å²) in [6.45, 7) is 4.12. The second-order valence-corrected chi connectivity index (χ2v) is 9.49. The minimum atomic E-state index is -4.05. The number of ether oxygens (including phenoxy) is 2. The van der Waals surface area contributed by atoms with Gasteiger partial charge in [0.15, 0.2) is 0 Å². The van der Waals surface area contributed by atoms with Gasteiger partial charge in [0.25, 0.3) is 10.0 Å². The topological polar surface area (TPSA) is 85.3 Å². The zero-order valence-electron chi connectivity index (χ0n) is 18.0. The van der Waals surface area contributed by atoms with Crippen LogP contribution in [0.15, 0.2) is 76.0 Å². The van der Waals surface area contributed by atoms with E-state index in [0.29, 0.717) is 6.42 Å². The lowest BCUT2D eigenvalue weighted by Gasteiger charge is -2.42. The highest BCUT2D eigenvalue weighted by atomic mass is 32.2. The van der Waals surface area contributed by atoms with Gasteiger partial charge in [-0.1, -0.05) is 54.1 Å². The molecule has 1 aliphatic carbocycles. The van der Waals surface area contributed by atoms with Gasteiger partial charge in [0.1, 0.15) is 12.1 Å². The summed E-state index contributed by atoms with van der Waals surface area (Å²) in [5.41, 5.74) is 1.84. The fourth-order valence-electron chi connectivity index (χ4n) is 4.04. The number of carbonyl (C=O) groups is 1. The standard InChI is InChI=1S/C24H26N2O5S/c1-3-30-23(27)22-20-10-7-11-21(20)31-24(26(22)16-18-8-5-4-6-9-18)25-32(28,29)19-14-12-17(2)13-15-19/h4-9,11-15,20-22H,3,10,16H2,1-2H3/b25-24-/t20-,21+,22+/m1/s1. The second kappa shape index (κ2) is 9.16. The smallest absolute Gasteiger partial charge is 0.329 e. The summed E-state index contributed by atoms with van der Waals surface area (Å²) >= 11 is 0. The minimum absolute atomic E-state index is 0.0654. The quantitative estimate of drug-likeness (QED) is 0.491. The van der Waals surface area contributed by atoms with Crippen molar-refractivity contribution in [3.63, 3.8) is 0 Å². The number of sulfonamides is 1. The van der Waals surface area contributed by atoms with E-state index in [0.717, 1.165) is 11.1 Å². The molecule has 0 radical (unpaired) electrons. The van der Waals surface area contributed by atoms with Crippen molar-refractivity contribution in [3.05, 3.63) is 77.9 Å². The summed E-state index contributed by atoms with van der Waals surface area (Å²) in [6, 6.07) is 15.1. The molecule has 0 aromatic heterocycles. The molecule has 4 rings (SSSR count). The van der Waals surface area contributed by atoms with E-state index in [1.165, 1.54) is 12.1 Å². The monoisotopic (exact) mass is 454 g/mol. The van der Waals surface area contributed by atoms with Gasteiger partial charge in [-0.2, -0.15) is 8.42 Å². The molecule has 3 atom stereocenters. The van der Waals surface area contributed by atoms with Crippen molar-refractivity contribution >= 4 is 22.0 Å². The Hall–Kier alpha value is -3.13. The van der Waals surface area contributed by atoms with Crippen molar-refractivity contribution in [1.82, 2.24) is 4.90 Å². The molecule has 0 unspecified atom stereocenters. The maximum Gasteiger partial charge on any atom is 0.329 e. The predicted molar refractivity (Wildman–Crippen MR) is 120 cm³/mol. The molecule has 8 heteroatoms. The summed E-state index contributed by atoms with van der Waals surface area (Å²) in [4.78, 5) is 14.7. The molecule has 2 aliphatic rings. The zero-order chi connectivity index (χ0) is 22.7. The molecule has 2 aromatic rings. The lowest BCUT2D eigenvalue weighted by molar-refractivity contribution is -0.154. The number of benzene rings is 2. The highest BCUT2D eigenvalue weighted by molar-refractivity contribution is 7.90. The van der Waals surface area contributed by atoms with Crippen LogP contribution >= 0.6 is 0 Å². The van der Waals surface area contributed by atoms with E-state index in [-0.39, 0.29) is 30.0 Å². The number of allylic oxidation sites excluding steroid dienone is 1. The fourth-order valence-corrected chi connectivity index (χ4v) is 4.98. The number of rotatable bonds is 6. The molecule has 2 aromatic carbocycles. The SMILES string of the molecule is CCOC(=O)[C@@H]1[C@@H]2CC=C[C@@H]2O/C(=N\S(=O)(=O)c2ccc(C)cc2)N1Cc1ccccc1. The summed E-state index contributed by atoms with van der Waals surface area (Å²) < 4.78 is 41.6. The van der Waals surface area contributed by atoms with E-state index < -0.39 is 28.1 Å². The molecule has 1 saturated heterocycles. The third kappa shape index (κ3) is 4.55. The molecular formula is C24H26N2O5S. The van der Waals surface area contributed by atoms with Crippen LogP contribution in [0.3, 0.4) is 0 Å². The van der Waals surface area contributed by atoms with Gasteiger partial charge in [0, 0.05) is 12.5 Å². The van der Waals surface area contributed by atoms with Crippen LogP contribution in [0, 0.1) is 12.8 Å². The van der Waals surface area contributed by atoms with Crippen molar-refractivity contribution in [2.75, 3.05) is 6.61 Å². The van der Waals surface area contributed by atoms with Gasteiger partial charge in [-0.3, -0.25) is 0 Å². The van der Waals surface area contributed by atoms with Crippen molar-refractivity contribution < 1.29 is 22.7 Å². The first-order chi connectivity index (χ1) is 15.4. The predicted octanol–water partition coefficient (Wildman–Crippen LogP) is 3.45. The van der Waals surface area contributed by atoms with Crippen molar-refractivity contribution in [3.8, 4) is 0 Å². The number of amidine groups is 1. The van der Waals surface area contributed by atoms with Gasteiger partial charge in [0.05, 0.1) is 11.5 Å². The van der Waals surface area contributed by atoms with Crippen LogP contribution in [-0.2, 0) is 30.8 Å². The first-order valence-corrected chi connectivity index (χ1v) is 12.0. The van der Waals surface area contributed by atoms with Gasteiger partial charge in [-0.05, 0) is 44.0 Å². The van der Waals surface area contributed by atoms with Crippen molar-refractivity contribution in [1.29, 1.82) is 0 Å². The summed E-state index contributed by atoms with van der Waals surface area (Å²) in [7, 11) is -4.05. The Bertz CT molecular complexity index is 1130. The lowest BCUT2D eigenvalue weighted by atomic mass is 9.92. The number of nitrogens with zero attached hydrogens (tertiary/aromatic N) is 2. The molecule has 0 spiro atoms. The molecular weight excluding hydrogens is 428 g/mol. The maximum absolute atomic E-state index is 13.1. The van der Waals surface area contributed by atoms with Gasteiger partial charge < -0.3 is 14.4 Å². The molecule has 168 valence electrons. The van der Waals surface area contributed by atoms with E-state index in [1.54, 1.807) is 24.0 Å². The Balaban J connectivity index is 1.78. The molecule has 0 bridgehead atoms. The van der Waals surface area contributed by atoms with E-state index in [9.17, 15) is 13.2 Å². The van der Waals surface area contributed by atoms with Crippen LogP contribution in [0.1, 0.15) is 24.5 Å². The summed E-state index contributed by atoms with van der Waals surface area (Å²) in [6.07, 6.45) is 3.99. The molecule has 0 amide bonds.